The number of thiol groups is 1. The third-order valence-electron chi connectivity index (χ3n) is 4.86. The van der Waals surface area contributed by atoms with Crippen LogP contribution >= 0.6 is 12.6 Å². The van der Waals surface area contributed by atoms with E-state index in [1.165, 1.54) is 4.90 Å². The van der Waals surface area contributed by atoms with Crippen molar-refractivity contribution < 1.29 is 24.2 Å². The third-order valence-corrected chi connectivity index (χ3v) is 5.22. The molecule has 0 saturated heterocycles. The Balaban J connectivity index is 3.29. The summed E-state index contributed by atoms with van der Waals surface area (Å²) < 4.78 is 5.26. The second-order valence-corrected chi connectivity index (χ2v) is 9.51. The number of aliphatic hydroxyl groups is 1. The Labute approximate surface area is 202 Å². The van der Waals surface area contributed by atoms with Crippen molar-refractivity contribution in [1.82, 2.24) is 15.5 Å². The summed E-state index contributed by atoms with van der Waals surface area (Å²) in [6.45, 7) is 10.6. The van der Waals surface area contributed by atoms with Crippen molar-refractivity contribution in [2.75, 3.05) is 18.9 Å². The smallest absolute Gasteiger partial charge is 0.408 e. The number of alkyl carbamates (subject to hydrolysis) is 1. The summed E-state index contributed by atoms with van der Waals surface area (Å²) in [5.41, 5.74) is 0.884. The normalized spacial score (nSPS) is 14.1. The van der Waals surface area contributed by atoms with E-state index in [1.807, 2.05) is 32.9 Å². The van der Waals surface area contributed by atoms with Crippen LogP contribution in [0.3, 0.4) is 0 Å². The first kappa shape index (κ1) is 28.8. The van der Waals surface area contributed by atoms with Crippen LogP contribution < -0.4 is 10.6 Å². The van der Waals surface area contributed by atoms with Crippen LogP contribution in [0.4, 0.5) is 4.79 Å². The number of ether oxygens (including phenoxy) is 1. The SMILES string of the molecule is CCCC(C)NC(=O)C(c1ccc(C)cc1)N(CCO)C(=O)C(CS)NC(=O)OC(C)(C)C. The lowest BCUT2D eigenvalue weighted by Gasteiger charge is -2.34. The average molecular weight is 482 g/mol. The zero-order valence-electron chi connectivity index (χ0n) is 20.6. The van der Waals surface area contributed by atoms with Crippen molar-refractivity contribution in [3.05, 3.63) is 35.4 Å². The fourth-order valence-electron chi connectivity index (χ4n) is 3.36. The molecule has 33 heavy (non-hydrogen) atoms. The fraction of sp³-hybridized carbons (Fsp3) is 0.625. The van der Waals surface area contributed by atoms with E-state index < -0.39 is 29.7 Å². The molecule has 1 aromatic carbocycles. The zero-order valence-corrected chi connectivity index (χ0v) is 21.4. The summed E-state index contributed by atoms with van der Waals surface area (Å²) in [5, 5.41) is 15.2. The number of rotatable bonds is 11. The molecule has 1 aromatic rings. The van der Waals surface area contributed by atoms with E-state index in [2.05, 4.69) is 23.3 Å². The topological polar surface area (TPSA) is 108 Å². The first-order chi connectivity index (χ1) is 15.4. The van der Waals surface area contributed by atoms with Crippen LogP contribution in [0.5, 0.6) is 0 Å². The Morgan fingerprint density at radius 2 is 1.76 bits per heavy atom. The number of benzene rings is 1. The zero-order chi connectivity index (χ0) is 25.2. The molecule has 0 aliphatic heterocycles. The Morgan fingerprint density at radius 3 is 2.24 bits per heavy atom. The minimum atomic E-state index is -1.04. The molecule has 0 fully saturated rings. The number of amides is 3. The number of aryl methyl sites for hydroxylation is 1. The highest BCUT2D eigenvalue weighted by Crippen LogP contribution is 2.23. The Hall–Kier alpha value is -2.26. The van der Waals surface area contributed by atoms with Gasteiger partial charge in [0.1, 0.15) is 17.7 Å². The van der Waals surface area contributed by atoms with Gasteiger partial charge in [-0.1, -0.05) is 43.2 Å². The second kappa shape index (κ2) is 13.4. The Bertz CT molecular complexity index is 779. The van der Waals surface area contributed by atoms with Gasteiger partial charge in [-0.2, -0.15) is 12.6 Å². The predicted octanol–water partition coefficient (Wildman–Crippen LogP) is 2.98. The molecule has 186 valence electrons. The van der Waals surface area contributed by atoms with Gasteiger partial charge in [0.15, 0.2) is 0 Å². The van der Waals surface area contributed by atoms with Crippen molar-refractivity contribution in [1.29, 1.82) is 0 Å². The van der Waals surface area contributed by atoms with Crippen LogP contribution in [0, 0.1) is 6.92 Å². The molecule has 0 aliphatic rings. The lowest BCUT2D eigenvalue weighted by Crippen LogP contribution is -2.55. The fourth-order valence-corrected chi connectivity index (χ4v) is 3.61. The number of hydrogen-bond donors (Lipinski definition) is 4. The van der Waals surface area contributed by atoms with Gasteiger partial charge in [0.05, 0.1) is 6.61 Å². The van der Waals surface area contributed by atoms with Gasteiger partial charge >= 0.3 is 6.09 Å². The minimum absolute atomic E-state index is 0.00548. The van der Waals surface area contributed by atoms with Crippen molar-refractivity contribution in [3.63, 3.8) is 0 Å². The lowest BCUT2D eigenvalue weighted by atomic mass is 10.0. The first-order valence-corrected chi connectivity index (χ1v) is 11.9. The van der Waals surface area contributed by atoms with Gasteiger partial charge in [0, 0.05) is 18.3 Å². The standard InChI is InChI=1S/C24H39N3O5S/c1-7-8-17(3)25-21(29)20(18-11-9-16(2)10-12-18)27(13-14-28)22(30)19(15-33)26-23(31)32-24(4,5)6/h9-12,17,19-20,28,33H,7-8,13-15H2,1-6H3,(H,25,29)(H,26,31). The molecule has 0 bridgehead atoms. The summed E-state index contributed by atoms with van der Waals surface area (Å²) >= 11 is 4.23. The molecule has 9 heteroatoms. The maximum absolute atomic E-state index is 13.5. The van der Waals surface area contributed by atoms with Crippen molar-refractivity contribution in [2.45, 2.75) is 78.1 Å². The third kappa shape index (κ3) is 9.63. The van der Waals surface area contributed by atoms with Gasteiger partial charge in [-0.3, -0.25) is 9.59 Å². The summed E-state index contributed by atoms with van der Waals surface area (Å²) in [6, 6.07) is 5.21. The maximum atomic E-state index is 13.5. The van der Waals surface area contributed by atoms with Crippen molar-refractivity contribution in [2.24, 2.45) is 0 Å². The van der Waals surface area contributed by atoms with E-state index in [9.17, 15) is 19.5 Å². The summed E-state index contributed by atoms with van der Waals surface area (Å²) in [6.07, 6.45) is 0.934. The molecule has 0 saturated carbocycles. The van der Waals surface area contributed by atoms with E-state index in [0.29, 0.717) is 5.56 Å². The van der Waals surface area contributed by atoms with E-state index in [-0.39, 0.29) is 30.9 Å². The summed E-state index contributed by atoms with van der Waals surface area (Å²) in [5.74, 6) is -0.889. The summed E-state index contributed by atoms with van der Waals surface area (Å²) in [4.78, 5) is 40.4. The van der Waals surface area contributed by atoms with Crippen LogP contribution in [0.1, 0.15) is 64.6 Å². The Morgan fingerprint density at radius 1 is 1.15 bits per heavy atom. The molecule has 0 aliphatic carbocycles. The number of carbonyl (C=O) groups excluding carboxylic acids is 3. The predicted molar refractivity (Wildman–Crippen MR) is 132 cm³/mol. The number of carbonyl (C=O) groups is 3. The van der Waals surface area contributed by atoms with Crippen molar-refractivity contribution in [3.8, 4) is 0 Å². The van der Waals surface area contributed by atoms with Crippen LogP contribution in [0.15, 0.2) is 24.3 Å². The van der Waals surface area contributed by atoms with Crippen LogP contribution in [0.25, 0.3) is 0 Å². The highest BCUT2D eigenvalue weighted by molar-refractivity contribution is 7.80. The molecule has 1 rings (SSSR count). The molecule has 3 atom stereocenters. The molecular weight excluding hydrogens is 442 g/mol. The molecule has 8 nitrogen and oxygen atoms in total. The highest BCUT2D eigenvalue weighted by atomic mass is 32.1. The number of aliphatic hydroxyl groups excluding tert-OH is 1. The average Bonchev–Trinajstić information content (AvgIpc) is 2.71. The first-order valence-electron chi connectivity index (χ1n) is 11.3. The number of hydrogen-bond acceptors (Lipinski definition) is 6. The molecule has 3 amide bonds. The minimum Gasteiger partial charge on any atom is -0.444 e. The van der Waals surface area contributed by atoms with Crippen LogP contribution in [-0.4, -0.2) is 64.5 Å². The van der Waals surface area contributed by atoms with Gasteiger partial charge in [-0.05, 0) is 46.6 Å². The molecule has 0 aromatic heterocycles. The van der Waals surface area contributed by atoms with Gasteiger partial charge in [0.2, 0.25) is 11.8 Å². The number of nitrogens with zero attached hydrogens (tertiary/aromatic N) is 1. The maximum Gasteiger partial charge on any atom is 0.408 e. The van der Waals surface area contributed by atoms with E-state index in [1.54, 1.807) is 32.9 Å². The highest BCUT2D eigenvalue weighted by Gasteiger charge is 2.36. The molecule has 0 radical (unpaired) electrons. The van der Waals surface area contributed by atoms with Crippen LogP contribution in [-0.2, 0) is 14.3 Å². The van der Waals surface area contributed by atoms with Gasteiger partial charge < -0.3 is 25.4 Å². The largest absolute Gasteiger partial charge is 0.444 e. The van der Waals surface area contributed by atoms with E-state index in [0.717, 1.165) is 18.4 Å². The molecule has 3 unspecified atom stereocenters. The van der Waals surface area contributed by atoms with E-state index in [4.69, 9.17) is 4.74 Å². The van der Waals surface area contributed by atoms with E-state index >= 15 is 0 Å². The molecule has 0 spiro atoms. The van der Waals surface area contributed by atoms with Crippen LogP contribution in [0.2, 0.25) is 0 Å². The molecular formula is C24H39N3O5S. The lowest BCUT2D eigenvalue weighted by molar-refractivity contribution is -0.142. The second-order valence-electron chi connectivity index (χ2n) is 9.15. The quantitative estimate of drug-likeness (QED) is 0.364. The molecule has 0 heterocycles. The van der Waals surface area contributed by atoms with Gasteiger partial charge in [0.25, 0.3) is 0 Å². The summed E-state index contributed by atoms with van der Waals surface area (Å²) in [7, 11) is 0. The van der Waals surface area contributed by atoms with Gasteiger partial charge in [-0.25, -0.2) is 4.79 Å². The number of nitrogens with one attached hydrogen (secondary N) is 2. The molecule has 3 N–H and O–H groups in total. The Kier molecular flexibility index (Phi) is 11.7. The van der Waals surface area contributed by atoms with Crippen molar-refractivity contribution >= 4 is 30.5 Å². The van der Waals surface area contributed by atoms with Gasteiger partial charge in [-0.15, -0.1) is 0 Å². The monoisotopic (exact) mass is 481 g/mol.